The second kappa shape index (κ2) is 9.03. The first kappa shape index (κ1) is 19.4. The minimum absolute atomic E-state index is 0.192. The van der Waals surface area contributed by atoms with E-state index in [1.54, 1.807) is 31.2 Å². The van der Waals surface area contributed by atoms with Crippen molar-refractivity contribution in [2.45, 2.75) is 32.9 Å². The molecule has 0 saturated carbocycles. The van der Waals surface area contributed by atoms with Crippen LogP contribution in [0.4, 0.5) is 0 Å². The summed E-state index contributed by atoms with van der Waals surface area (Å²) in [5.74, 6) is 0.149. The molecule has 146 valence electrons. The Balaban J connectivity index is 1.53. The normalized spacial score (nSPS) is 11.8. The minimum Gasteiger partial charge on any atom is -0.487 e. The summed E-state index contributed by atoms with van der Waals surface area (Å²) < 4.78 is 7.68. The van der Waals surface area contributed by atoms with E-state index >= 15 is 0 Å². The number of fused-ring (bicyclic) bond motifs is 1. The Morgan fingerprint density at radius 3 is 2.68 bits per heavy atom. The number of aromatic nitrogens is 2. The van der Waals surface area contributed by atoms with Crippen LogP contribution in [-0.2, 0) is 11.4 Å². The van der Waals surface area contributed by atoms with Gasteiger partial charge in [0.15, 0.2) is 0 Å². The van der Waals surface area contributed by atoms with Gasteiger partial charge in [0.25, 0.3) is 5.91 Å². The zero-order valence-electron chi connectivity index (χ0n) is 16.0. The highest BCUT2D eigenvalue weighted by Gasteiger charge is 2.16. The molecule has 0 aliphatic carbocycles. The highest BCUT2D eigenvalue weighted by Crippen LogP contribution is 2.15. The fraction of sp³-hybridized carbons (Fsp3) is 0.286. The molecule has 1 aromatic carbocycles. The SMILES string of the molecule is CCCNC(=O)[C@H](C)NC(=O)c1ccc(OCc2cn3ccccc3n2)cc1. The molecule has 3 aromatic rings. The van der Waals surface area contributed by atoms with Crippen molar-refractivity contribution < 1.29 is 14.3 Å². The molecule has 7 heteroatoms. The van der Waals surface area contributed by atoms with Gasteiger partial charge in [0.05, 0.1) is 5.69 Å². The fourth-order valence-corrected chi connectivity index (χ4v) is 2.66. The second-order valence-corrected chi connectivity index (χ2v) is 6.50. The van der Waals surface area contributed by atoms with Crippen molar-refractivity contribution in [2.75, 3.05) is 6.54 Å². The lowest BCUT2D eigenvalue weighted by molar-refractivity contribution is -0.122. The molecule has 0 fully saturated rings. The molecule has 2 heterocycles. The quantitative estimate of drug-likeness (QED) is 0.629. The van der Waals surface area contributed by atoms with Crippen LogP contribution in [0.15, 0.2) is 54.9 Å². The number of nitrogens with one attached hydrogen (secondary N) is 2. The molecule has 7 nitrogen and oxygen atoms in total. The number of hydrogen-bond acceptors (Lipinski definition) is 4. The van der Waals surface area contributed by atoms with Gasteiger partial charge in [-0.2, -0.15) is 0 Å². The van der Waals surface area contributed by atoms with Crippen molar-refractivity contribution in [3.63, 3.8) is 0 Å². The van der Waals surface area contributed by atoms with Crippen LogP contribution >= 0.6 is 0 Å². The topological polar surface area (TPSA) is 84.7 Å². The number of benzene rings is 1. The van der Waals surface area contributed by atoms with Gasteiger partial charge in [0.1, 0.15) is 24.0 Å². The molecule has 0 radical (unpaired) electrons. The van der Waals surface area contributed by atoms with E-state index in [-0.39, 0.29) is 11.8 Å². The van der Waals surface area contributed by atoms with Gasteiger partial charge in [-0.25, -0.2) is 4.98 Å². The number of nitrogens with zero attached hydrogens (tertiary/aromatic N) is 2. The highest BCUT2D eigenvalue weighted by molar-refractivity contribution is 5.97. The van der Waals surface area contributed by atoms with E-state index in [4.69, 9.17) is 4.74 Å². The van der Waals surface area contributed by atoms with Crippen LogP contribution in [-0.4, -0.2) is 33.8 Å². The summed E-state index contributed by atoms with van der Waals surface area (Å²) in [6.07, 6.45) is 4.70. The Morgan fingerprint density at radius 1 is 1.18 bits per heavy atom. The summed E-state index contributed by atoms with van der Waals surface area (Å²) in [5.41, 5.74) is 2.15. The van der Waals surface area contributed by atoms with Crippen LogP contribution in [0.2, 0.25) is 0 Å². The van der Waals surface area contributed by atoms with Gasteiger partial charge in [-0.1, -0.05) is 13.0 Å². The lowest BCUT2D eigenvalue weighted by atomic mass is 10.2. The first-order valence-corrected chi connectivity index (χ1v) is 9.31. The van der Waals surface area contributed by atoms with Gasteiger partial charge in [0, 0.05) is 24.5 Å². The molecule has 2 amide bonds. The number of pyridine rings is 1. The van der Waals surface area contributed by atoms with Gasteiger partial charge in [-0.15, -0.1) is 0 Å². The zero-order valence-corrected chi connectivity index (χ0v) is 16.0. The summed E-state index contributed by atoms with van der Waals surface area (Å²) in [7, 11) is 0. The maximum atomic E-state index is 12.3. The Bertz CT molecular complexity index is 917. The number of amides is 2. The van der Waals surface area contributed by atoms with Crippen LogP contribution in [0.1, 0.15) is 36.3 Å². The maximum Gasteiger partial charge on any atom is 0.251 e. The lowest BCUT2D eigenvalue weighted by Gasteiger charge is -2.14. The predicted octanol–water partition coefficient (Wildman–Crippen LogP) is 2.56. The fourth-order valence-electron chi connectivity index (χ4n) is 2.66. The molecule has 0 saturated heterocycles. The van der Waals surface area contributed by atoms with E-state index in [2.05, 4.69) is 15.6 Å². The van der Waals surface area contributed by atoms with Crippen molar-refractivity contribution >= 4 is 17.5 Å². The van der Waals surface area contributed by atoms with Crippen molar-refractivity contribution in [3.05, 3.63) is 66.1 Å². The first-order valence-electron chi connectivity index (χ1n) is 9.31. The van der Waals surface area contributed by atoms with Gasteiger partial charge < -0.3 is 19.8 Å². The van der Waals surface area contributed by atoms with Crippen LogP contribution in [0, 0.1) is 0 Å². The highest BCUT2D eigenvalue weighted by atomic mass is 16.5. The molecule has 0 bridgehead atoms. The van der Waals surface area contributed by atoms with Crippen LogP contribution in [0.3, 0.4) is 0 Å². The van der Waals surface area contributed by atoms with E-state index in [1.165, 1.54) is 0 Å². The number of rotatable bonds is 8. The van der Waals surface area contributed by atoms with Gasteiger partial charge in [0.2, 0.25) is 5.91 Å². The third-order valence-corrected chi connectivity index (χ3v) is 4.21. The van der Waals surface area contributed by atoms with E-state index in [1.807, 2.05) is 41.9 Å². The van der Waals surface area contributed by atoms with Crippen LogP contribution < -0.4 is 15.4 Å². The summed E-state index contributed by atoms with van der Waals surface area (Å²) in [4.78, 5) is 28.6. The monoisotopic (exact) mass is 380 g/mol. The molecule has 3 rings (SSSR count). The maximum absolute atomic E-state index is 12.3. The molecule has 0 spiro atoms. The summed E-state index contributed by atoms with van der Waals surface area (Å²) >= 11 is 0. The number of imidazole rings is 1. The smallest absolute Gasteiger partial charge is 0.251 e. The summed E-state index contributed by atoms with van der Waals surface area (Å²) in [6.45, 7) is 4.57. The molecular weight excluding hydrogens is 356 g/mol. The largest absolute Gasteiger partial charge is 0.487 e. The van der Waals surface area contributed by atoms with E-state index in [9.17, 15) is 9.59 Å². The van der Waals surface area contributed by atoms with Gasteiger partial charge in [-0.05, 0) is 49.7 Å². The second-order valence-electron chi connectivity index (χ2n) is 6.50. The molecule has 28 heavy (non-hydrogen) atoms. The Labute approximate surface area is 163 Å². The molecular formula is C21H24N4O3. The molecule has 2 N–H and O–H groups in total. The van der Waals surface area contributed by atoms with E-state index < -0.39 is 6.04 Å². The standard InChI is InChI=1S/C21H24N4O3/c1-3-11-22-20(26)15(2)23-21(27)16-7-9-18(10-8-16)28-14-17-13-25-12-5-4-6-19(25)24-17/h4-10,12-13,15H,3,11,14H2,1-2H3,(H,22,26)(H,23,27)/t15-/m0/s1. The average molecular weight is 380 g/mol. The number of ether oxygens (including phenoxy) is 1. The molecule has 2 aromatic heterocycles. The van der Waals surface area contributed by atoms with Crippen LogP contribution in [0.25, 0.3) is 5.65 Å². The summed E-state index contributed by atoms with van der Waals surface area (Å²) in [5, 5.41) is 5.45. The lowest BCUT2D eigenvalue weighted by Crippen LogP contribution is -2.44. The van der Waals surface area contributed by atoms with Crippen molar-refractivity contribution in [3.8, 4) is 5.75 Å². The first-order chi connectivity index (χ1) is 13.6. The van der Waals surface area contributed by atoms with Crippen LogP contribution in [0.5, 0.6) is 5.75 Å². The van der Waals surface area contributed by atoms with Crippen molar-refractivity contribution in [1.29, 1.82) is 0 Å². The Morgan fingerprint density at radius 2 is 1.96 bits per heavy atom. The zero-order chi connectivity index (χ0) is 19.9. The Kier molecular flexibility index (Phi) is 6.26. The summed E-state index contributed by atoms with van der Waals surface area (Å²) in [6, 6.07) is 12.0. The Hall–Kier alpha value is -3.35. The third kappa shape index (κ3) is 4.88. The molecule has 1 atom stereocenters. The molecule has 0 unspecified atom stereocenters. The number of carbonyl (C=O) groups is 2. The number of carbonyl (C=O) groups excluding carboxylic acids is 2. The average Bonchev–Trinajstić information content (AvgIpc) is 3.13. The molecule has 0 aliphatic rings. The third-order valence-electron chi connectivity index (χ3n) is 4.21. The van der Waals surface area contributed by atoms with Gasteiger partial charge >= 0.3 is 0 Å². The van der Waals surface area contributed by atoms with Crippen molar-refractivity contribution in [1.82, 2.24) is 20.0 Å². The minimum atomic E-state index is -0.593. The van der Waals surface area contributed by atoms with Crippen molar-refractivity contribution in [2.24, 2.45) is 0 Å². The predicted molar refractivity (Wildman–Crippen MR) is 106 cm³/mol. The van der Waals surface area contributed by atoms with E-state index in [0.717, 1.165) is 17.8 Å². The number of hydrogen-bond donors (Lipinski definition) is 2. The van der Waals surface area contributed by atoms with Gasteiger partial charge in [-0.3, -0.25) is 9.59 Å². The molecule has 0 aliphatic heterocycles. The van der Waals surface area contributed by atoms with E-state index in [0.29, 0.717) is 24.5 Å².